The molecule has 2 amide bonds. The van der Waals surface area contributed by atoms with Crippen LogP contribution in [-0.4, -0.2) is 46.0 Å². The molecule has 9 nitrogen and oxygen atoms in total. The summed E-state index contributed by atoms with van der Waals surface area (Å²) in [5.41, 5.74) is 2.99. The van der Waals surface area contributed by atoms with Gasteiger partial charge in [-0.1, -0.05) is 17.4 Å². The second-order valence-electron chi connectivity index (χ2n) is 8.35. The third-order valence-corrected chi connectivity index (χ3v) is 6.98. The molecule has 2 N–H and O–H groups in total. The summed E-state index contributed by atoms with van der Waals surface area (Å²) in [5.74, 6) is -0.338. The molecule has 3 heterocycles. The third kappa shape index (κ3) is 5.05. The van der Waals surface area contributed by atoms with E-state index in [0.717, 1.165) is 30.5 Å². The summed E-state index contributed by atoms with van der Waals surface area (Å²) >= 11 is 1.26. The van der Waals surface area contributed by atoms with Gasteiger partial charge in [-0.05, 0) is 56.9 Å². The third-order valence-electron chi connectivity index (χ3n) is 5.89. The normalized spacial score (nSPS) is 16.1. The van der Waals surface area contributed by atoms with Crippen LogP contribution < -0.4 is 21.1 Å². The Morgan fingerprint density at radius 1 is 1.24 bits per heavy atom. The van der Waals surface area contributed by atoms with Gasteiger partial charge in [0.2, 0.25) is 11.8 Å². The highest BCUT2D eigenvalue weighted by Gasteiger charge is 2.27. The minimum absolute atomic E-state index is 0.0542. The molecule has 0 bridgehead atoms. The Morgan fingerprint density at radius 2 is 2.06 bits per heavy atom. The summed E-state index contributed by atoms with van der Waals surface area (Å²) in [6.45, 7) is 7.72. The van der Waals surface area contributed by atoms with Crippen molar-refractivity contribution in [3.8, 4) is 0 Å². The van der Waals surface area contributed by atoms with Crippen molar-refractivity contribution in [1.29, 1.82) is 0 Å². The number of piperidine rings is 1. The molecule has 0 spiro atoms. The van der Waals surface area contributed by atoms with Crippen LogP contribution in [0.5, 0.6) is 0 Å². The number of hydrogen-bond acceptors (Lipinski definition) is 7. The van der Waals surface area contributed by atoms with Crippen molar-refractivity contribution in [1.82, 2.24) is 19.9 Å². The molecule has 0 aliphatic carbocycles. The van der Waals surface area contributed by atoms with Crippen molar-refractivity contribution in [2.45, 2.75) is 40.2 Å². The molecule has 1 aromatic carbocycles. The molecule has 174 valence electrons. The molecule has 0 radical (unpaired) electrons. The van der Waals surface area contributed by atoms with E-state index < -0.39 is 0 Å². The molecule has 2 aromatic heterocycles. The van der Waals surface area contributed by atoms with Crippen LogP contribution in [0.4, 0.5) is 10.8 Å². The Hall–Kier alpha value is -3.27. The molecule has 1 saturated heterocycles. The summed E-state index contributed by atoms with van der Waals surface area (Å²) in [5, 5.41) is 6.40. The maximum absolute atomic E-state index is 13.0. The van der Waals surface area contributed by atoms with Crippen LogP contribution in [0.1, 0.15) is 30.9 Å². The lowest BCUT2D eigenvalue weighted by molar-refractivity contribution is -0.125. The summed E-state index contributed by atoms with van der Waals surface area (Å²) in [4.78, 5) is 48.7. The van der Waals surface area contributed by atoms with Gasteiger partial charge in [-0.25, -0.2) is 4.98 Å². The van der Waals surface area contributed by atoms with Gasteiger partial charge in [0.05, 0.1) is 5.92 Å². The number of rotatable bonds is 6. The van der Waals surface area contributed by atoms with Gasteiger partial charge in [0.25, 0.3) is 5.56 Å². The second kappa shape index (κ2) is 9.70. The largest absolute Gasteiger partial charge is 0.356 e. The van der Waals surface area contributed by atoms with Crippen LogP contribution in [0.3, 0.4) is 0 Å². The van der Waals surface area contributed by atoms with Crippen LogP contribution in [0.2, 0.25) is 0 Å². The van der Waals surface area contributed by atoms with E-state index >= 15 is 0 Å². The van der Waals surface area contributed by atoms with E-state index in [1.54, 1.807) is 0 Å². The Morgan fingerprint density at radius 3 is 2.82 bits per heavy atom. The van der Waals surface area contributed by atoms with Gasteiger partial charge >= 0.3 is 0 Å². The number of amides is 2. The molecule has 1 aliphatic heterocycles. The van der Waals surface area contributed by atoms with Crippen molar-refractivity contribution in [2.24, 2.45) is 5.92 Å². The zero-order chi connectivity index (χ0) is 23.5. The maximum atomic E-state index is 13.0. The van der Waals surface area contributed by atoms with E-state index in [0.29, 0.717) is 34.3 Å². The average Bonchev–Trinajstić information content (AvgIpc) is 3.24. The number of carbonyl (C=O) groups excluding carboxylic acids is 2. The van der Waals surface area contributed by atoms with Crippen molar-refractivity contribution in [3.63, 3.8) is 0 Å². The minimum Gasteiger partial charge on any atom is -0.356 e. The highest BCUT2D eigenvalue weighted by molar-refractivity contribution is 7.22. The topological polar surface area (TPSA) is 109 Å². The molecule has 0 saturated carbocycles. The van der Waals surface area contributed by atoms with E-state index in [1.165, 1.54) is 22.2 Å². The Labute approximate surface area is 195 Å². The van der Waals surface area contributed by atoms with Gasteiger partial charge < -0.3 is 15.5 Å². The zero-order valence-corrected chi connectivity index (χ0v) is 19.9. The van der Waals surface area contributed by atoms with Crippen molar-refractivity contribution < 1.29 is 9.59 Å². The first-order valence-corrected chi connectivity index (χ1v) is 11.9. The van der Waals surface area contributed by atoms with Gasteiger partial charge in [-0.2, -0.15) is 4.98 Å². The van der Waals surface area contributed by atoms with Gasteiger partial charge in [-0.15, -0.1) is 0 Å². The predicted octanol–water partition coefficient (Wildman–Crippen LogP) is 2.46. The number of hydrogen-bond donors (Lipinski definition) is 2. The highest BCUT2D eigenvalue weighted by Crippen LogP contribution is 2.29. The van der Waals surface area contributed by atoms with E-state index in [9.17, 15) is 14.4 Å². The number of carbonyl (C=O) groups is 2. The van der Waals surface area contributed by atoms with Crippen LogP contribution in [0.15, 0.2) is 29.3 Å². The molecular formula is C23H28N6O3S. The number of benzene rings is 1. The van der Waals surface area contributed by atoms with Gasteiger partial charge in [0.1, 0.15) is 17.6 Å². The number of nitrogens with zero attached hydrogens (tertiary/aromatic N) is 4. The molecule has 10 heteroatoms. The average molecular weight is 469 g/mol. The Kier molecular flexibility index (Phi) is 6.73. The first-order chi connectivity index (χ1) is 15.9. The van der Waals surface area contributed by atoms with Crippen LogP contribution >= 0.6 is 11.3 Å². The van der Waals surface area contributed by atoms with Crippen LogP contribution in [-0.2, 0) is 16.1 Å². The van der Waals surface area contributed by atoms with E-state index in [2.05, 4.69) is 20.6 Å². The van der Waals surface area contributed by atoms with Crippen molar-refractivity contribution in [3.05, 3.63) is 46.0 Å². The fourth-order valence-corrected chi connectivity index (χ4v) is 4.94. The molecular weight excluding hydrogens is 440 g/mol. The second-order valence-corrected chi connectivity index (χ2v) is 9.33. The quantitative estimate of drug-likeness (QED) is 0.575. The van der Waals surface area contributed by atoms with Crippen LogP contribution in [0.25, 0.3) is 10.3 Å². The Bertz CT molecular complexity index is 1250. The maximum Gasteiger partial charge on any atom is 0.273 e. The molecule has 3 aromatic rings. The molecule has 1 unspecified atom stereocenters. The lowest BCUT2D eigenvalue weighted by Crippen LogP contribution is -2.43. The molecule has 1 aliphatic rings. The van der Waals surface area contributed by atoms with E-state index in [4.69, 9.17) is 0 Å². The molecule has 1 fully saturated rings. The number of thiazole rings is 1. The van der Waals surface area contributed by atoms with E-state index in [-0.39, 0.29) is 29.8 Å². The number of aryl methyl sites for hydroxylation is 2. The first kappa shape index (κ1) is 22.9. The number of nitrogens with one attached hydrogen (secondary N) is 2. The fourth-order valence-electron chi connectivity index (χ4n) is 3.94. The van der Waals surface area contributed by atoms with Gasteiger partial charge in [-0.3, -0.25) is 19.0 Å². The SMILES string of the molecule is CCNC(=O)C1CCCN(c2nc3ncn(CC(=O)Nc4ccc(C)c(C)c4)c(=O)c3s2)C1. The number of fused-ring (bicyclic) bond motifs is 1. The zero-order valence-electron chi connectivity index (χ0n) is 19.1. The summed E-state index contributed by atoms with van der Waals surface area (Å²) in [6, 6.07) is 5.69. The minimum atomic E-state index is -0.299. The smallest absolute Gasteiger partial charge is 0.273 e. The van der Waals surface area contributed by atoms with Crippen LogP contribution in [0, 0.1) is 19.8 Å². The van der Waals surface area contributed by atoms with Crippen molar-refractivity contribution >= 4 is 44.3 Å². The first-order valence-electron chi connectivity index (χ1n) is 11.1. The monoisotopic (exact) mass is 468 g/mol. The molecule has 33 heavy (non-hydrogen) atoms. The molecule has 4 rings (SSSR count). The summed E-state index contributed by atoms with van der Waals surface area (Å²) in [7, 11) is 0. The van der Waals surface area contributed by atoms with Gasteiger partial charge in [0.15, 0.2) is 10.8 Å². The fraction of sp³-hybridized carbons (Fsp3) is 0.435. The summed E-state index contributed by atoms with van der Waals surface area (Å²) < 4.78 is 1.71. The predicted molar refractivity (Wildman–Crippen MR) is 130 cm³/mol. The van der Waals surface area contributed by atoms with Crippen molar-refractivity contribution in [2.75, 3.05) is 29.9 Å². The van der Waals surface area contributed by atoms with Gasteiger partial charge in [0, 0.05) is 25.3 Å². The number of anilines is 2. The standard InChI is InChI=1S/C23H28N6O3S/c1-4-24-21(31)16-6-5-9-28(11-16)23-27-20-19(33-23)22(32)29(13-25-20)12-18(30)26-17-8-7-14(2)15(3)10-17/h7-8,10,13,16H,4-6,9,11-12H2,1-3H3,(H,24,31)(H,26,30). The summed E-state index contributed by atoms with van der Waals surface area (Å²) in [6.07, 6.45) is 3.09. The molecule has 1 atom stereocenters. The Balaban J connectivity index is 1.50. The number of aromatic nitrogens is 3. The highest BCUT2D eigenvalue weighted by atomic mass is 32.1. The van der Waals surface area contributed by atoms with E-state index in [1.807, 2.05) is 43.9 Å². The lowest BCUT2D eigenvalue weighted by atomic mass is 9.97. The lowest BCUT2D eigenvalue weighted by Gasteiger charge is -2.31.